The van der Waals surface area contributed by atoms with E-state index in [2.05, 4.69) is 10.3 Å². The van der Waals surface area contributed by atoms with Crippen LogP contribution in [0.3, 0.4) is 0 Å². The number of nitrogens with zero attached hydrogens (tertiary/aromatic N) is 2. The maximum atomic E-state index is 12.1. The number of halogens is 2. The largest absolute Gasteiger partial charge is 0.452 e. The Kier molecular flexibility index (Phi) is 6.07. The van der Waals surface area contributed by atoms with Crippen LogP contribution >= 0.6 is 23.2 Å². The van der Waals surface area contributed by atoms with Gasteiger partial charge < -0.3 is 10.1 Å². The Balaban J connectivity index is 1.56. The molecule has 3 rings (SSSR count). The first-order valence-electron chi connectivity index (χ1n) is 8.15. The highest BCUT2D eigenvalue weighted by Crippen LogP contribution is 2.24. The van der Waals surface area contributed by atoms with Gasteiger partial charge in [0.1, 0.15) is 0 Å². The molecule has 0 aliphatic carbocycles. The quantitative estimate of drug-likeness (QED) is 0.711. The molecule has 1 aromatic heterocycles. The van der Waals surface area contributed by atoms with E-state index in [9.17, 15) is 18.0 Å². The van der Waals surface area contributed by atoms with Gasteiger partial charge in [-0.05, 0) is 36.8 Å². The molecular weight excluding hydrogens is 429 g/mol. The number of carbonyl (C=O) groups excluding carboxylic acids is 2. The number of carbonyl (C=O) groups is 2. The molecule has 1 saturated heterocycles. The number of hydrogen-bond acceptors (Lipinski definition) is 6. The third-order valence-corrected chi connectivity index (χ3v) is 6.25. The fraction of sp³-hybridized carbons (Fsp3) is 0.235. The highest BCUT2D eigenvalue weighted by molar-refractivity contribution is 7.93. The molecule has 1 aliphatic heterocycles. The molecule has 2 aromatic rings. The van der Waals surface area contributed by atoms with E-state index in [4.69, 9.17) is 27.9 Å². The van der Waals surface area contributed by atoms with Crippen LogP contribution in [0.5, 0.6) is 0 Å². The lowest BCUT2D eigenvalue weighted by Crippen LogP contribution is -2.25. The Bertz CT molecular complexity index is 1010. The number of sulfonamides is 1. The van der Waals surface area contributed by atoms with Gasteiger partial charge >= 0.3 is 5.97 Å². The number of esters is 1. The van der Waals surface area contributed by atoms with Gasteiger partial charge in [-0.15, -0.1) is 0 Å². The van der Waals surface area contributed by atoms with Crippen molar-refractivity contribution in [3.05, 3.63) is 52.1 Å². The highest BCUT2D eigenvalue weighted by Gasteiger charge is 2.28. The Morgan fingerprint density at radius 1 is 1.21 bits per heavy atom. The number of ether oxygens (including phenoxy) is 1. The minimum atomic E-state index is -3.29. The minimum Gasteiger partial charge on any atom is -0.452 e. The molecule has 8 nitrogen and oxygen atoms in total. The van der Waals surface area contributed by atoms with E-state index in [0.29, 0.717) is 23.7 Å². The van der Waals surface area contributed by atoms with Crippen LogP contribution in [0.25, 0.3) is 0 Å². The molecule has 148 valence electrons. The van der Waals surface area contributed by atoms with Crippen molar-refractivity contribution in [2.75, 3.05) is 28.5 Å². The molecule has 1 fully saturated rings. The summed E-state index contributed by atoms with van der Waals surface area (Å²) in [6, 6.07) is 7.36. The summed E-state index contributed by atoms with van der Waals surface area (Å²) < 4.78 is 30.1. The monoisotopic (exact) mass is 443 g/mol. The molecule has 1 amide bonds. The van der Waals surface area contributed by atoms with Gasteiger partial charge in [-0.3, -0.25) is 9.10 Å². The summed E-state index contributed by atoms with van der Waals surface area (Å²) in [5.41, 5.74) is 0.672. The second-order valence-electron chi connectivity index (χ2n) is 5.90. The zero-order chi connectivity index (χ0) is 20.3. The summed E-state index contributed by atoms with van der Waals surface area (Å²) in [7, 11) is -3.29. The van der Waals surface area contributed by atoms with Gasteiger partial charge in [0.2, 0.25) is 10.0 Å². The van der Waals surface area contributed by atoms with Crippen molar-refractivity contribution in [3.63, 3.8) is 0 Å². The van der Waals surface area contributed by atoms with Gasteiger partial charge in [-0.25, -0.2) is 18.2 Å². The van der Waals surface area contributed by atoms with Crippen molar-refractivity contribution in [3.8, 4) is 0 Å². The first kappa shape index (κ1) is 20.4. The first-order valence-corrected chi connectivity index (χ1v) is 10.5. The summed E-state index contributed by atoms with van der Waals surface area (Å²) in [4.78, 5) is 27.8. The number of hydrogen-bond donors (Lipinski definition) is 1. The Morgan fingerprint density at radius 2 is 1.93 bits per heavy atom. The molecule has 0 radical (unpaired) electrons. The van der Waals surface area contributed by atoms with E-state index in [-0.39, 0.29) is 22.2 Å². The molecule has 1 aliphatic rings. The third-order valence-electron chi connectivity index (χ3n) is 3.89. The number of rotatable bonds is 5. The van der Waals surface area contributed by atoms with E-state index in [1.807, 2.05) is 0 Å². The average Bonchev–Trinajstić information content (AvgIpc) is 3.01. The standard InChI is InChI=1S/C17H15Cl2N3O5S/c18-12-8-14(19)16(20-9-12)21-15(23)10-27-17(24)11-2-4-13(5-3-11)22-6-1-7-28(22,25)26/h2-5,8-9H,1,6-7,10H2,(H,20,21,23). The fourth-order valence-electron chi connectivity index (χ4n) is 2.58. The maximum Gasteiger partial charge on any atom is 0.338 e. The molecule has 2 heterocycles. The van der Waals surface area contributed by atoms with Crippen LogP contribution < -0.4 is 9.62 Å². The van der Waals surface area contributed by atoms with E-state index in [1.165, 1.54) is 40.8 Å². The summed E-state index contributed by atoms with van der Waals surface area (Å²) in [6.45, 7) is -0.130. The van der Waals surface area contributed by atoms with E-state index in [0.717, 1.165) is 0 Å². The Hall–Kier alpha value is -2.36. The molecule has 0 saturated carbocycles. The number of pyridine rings is 1. The van der Waals surface area contributed by atoms with E-state index < -0.39 is 28.5 Å². The van der Waals surface area contributed by atoms with Crippen LogP contribution in [0.2, 0.25) is 10.0 Å². The molecule has 1 N–H and O–H groups in total. The lowest BCUT2D eigenvalue weighted by atomic mass is 10.2. The zero-order valence-electron chi connectivity index (χ0n) is 14.4. The predicted octanol–water partition coefficient (Wildman–Crippen LogP) is 2.72. The second kappa shape index (κ2) is 8.34. The summed E-state index contributed by atoms with van der Waals surface area (Å²) >= 11 is 11.6. The predicted molar refractivity (Wildman–Crippen MR) is 105 cm³/mol. The second-order valence-corrected chi connectivity index (χ2v) is 8.75. The van der Waals surface area contributed by atoms with Crippen LogP contribution in [0.1, 0.15) is 16.8 Å². The molecule has 0 bridgehead atoms. The number of nitrogens with one attached hydrogen (secondary N) is 1. The molecular formula is C17H15Cl2N3O5S. The van der Waals surface area contributed by atoms with Crippen LogP contribution in [0, 0.1) is 0 Å². The number of anilines is 2. The number of benzene rings is 1. The molecule has 28 heavy (non-hydrogen) atoms. The summed E-state index contributed by atoms with van der Waals surface area (Å²) in [5.74, 6) is -1.13. The number of aromatic nitrogens is 1. The summed E-state index contributed by atoms with van der Waals surface area (Å²) in [5, 5.41) is 2.88. The molecule has 11 heteroatoms. The molecule has 0 spiro atoms. The van der Waals surface area contributed by atoms with Crippen molar-refractivity contribution in [1.29, 1.82) is 0 Å². The van der Waals surface area contributed by atoms with Gasteiger partial charge in [-0.2, -0.15) is 0 Å². The summed E-state index contributed by atoms with van der Waals surface area (Å²) in [6.07, 6.45) is 1.88. The molecule has 0 atom stereocenters. The van der Waals surface area contributed by atoms with Gasteiger partial charge in [0.15, 0.2) is 12.4 Å². The van der Waals surface area contributed by atoms with Crippen molar-refractivity contribution in [2.45, 2.75) is 6.42 Å². The van der Waals surface area contributed by atoms with Gasteiger partial charge in [0.25, 0.3) is 5.91 Å². The lowest BCUT2D eigenvalue weighted by Gasteiger charge is -2.16. The Morgan fingerprint density at radius 3 is 2.54 bits per heavy atom. The van der Waals surface area contributed by atoms with Gasteiger partial charge in [-0.1, -0.05) is 23.2 Å². The van der Waals surface area contributed by atoms with Crippen LogP contribution in [-0.4, -0.2) is 44.2 Å². The first-order chi connectivity index (χ1) is 13.3. The smallest absolute Gasteiger partial charge is 0.338 e. The number of amides is 1. The third kappa shape index (κ3) is 4.73. The molecule has 1 aromatic carbocycles. The zero-order valence-corrected chi connectivity index (χ0v) is 16.7. The topological polar surface area (TPSA) is 106 Å². The van der Waals surface area contributed by atoms with Crippen molar-refractivity contribution in [1.82, 2.24) is 4.98 Å². The van der Waals surface area contributed by atoms with Crippen LogP contribution in [-0.2, 0) is 19.6 Å². The van der Waals surface area contributed by atoms with Gasteiger partial charge in [0, 0.05) is 12.7 Å². The van der Waals surface area contributed by atoms with Crippen molar-refractivity contribution < 1.29 is 22.7 Å². The normalized spacial score (nSPS) is 15.3. The average molecular weight is 444 g/mol. The lowest BCUT2D eigenvalue weighted by molar-refractivity contribution is -0.119. The van der Waals surface area contributed by atoms with E-state index in [1.54, 1.807) is 0 Å². The van der Waals surface area contributed by atoms with Crippen molar-refractivity contribution in [2.24, 2.45) is 0 Å². The highest BCUT2D eigenvalue weighted by atomic mass is 35.5. The fourth-order valence-corrected chi connectivity index (χ4v) is 4.57. The Labute approximate surface area is 171 Å². The van der Waals surface area contributed by atoms with Crippen LogP contribution in [0.4, 0.5) is 11.5 Å². The maximum absolute atomic E-state index is 12.1. The molecule has 0 unspecified atom stereocenters. The van der Waals surface area contributed by atoms with Gasteiger partial charge in [0.05, 0.1) is 27.0 Å². The van der Waals surface area contributed by atoms with Crippen LogP contribution in [0.15, 0.2) is 36.5 Å². The minimum absolute atomic E-state index is 0.100. The van der Waals surface area contributed by atoms with Crippen molar-refractivity contribution >= 4 is 56.6 Å². The van der Waals surface area contributed by atoms with E-state index >= 15 is 0 Å². The SMILES string of the molecule is O=C(COC(=O)c1ccc(N2CCCS2(=O)=O)cc1)Nc1ncc(Cl)cc1Cl.